The average molecular weight is 427 g/mol. The summed E-state index contributed by atoms with van der Waals surface area (Å²) in [6.07, 6.45) is 1.11. The van der Waals surface area contributed by atoms with Crippen LogP contribution in [0, 0.1) is 19.3 Å². The van der Waals surface area contributed by atoms with Crippen molar-refractivity contribution in [2.24, 2.45) is 12.5 Å². The molecule has 1 aliphatic heterocycles. The molecule has 2 heteroatoms. The molecule has 0 fully saturated rings. The maximum atomic E-state index is 8.78. The van der Waals surface area contributed by atoms with Crippen molar-refractivity contribution in [3.05, 3.63) is 64.8 Å². The number of ether oxygens (including phenoxy) is 1. The van der Waals surface area contributed by atoms with Crippen LogP contribution in [0.15, 0.2) is 42.5 Å². The van der Waals surface area contributed by atoms with Crippen molar-refractivity contribution in [1.29, 1.82) is 0 Å². The van der Waals surface area contributed by atoms with Gasteiger partial charge in [0.1, 0.15) is 19.9 Å². The number of nitrogens with zero attached hydrogens (tertiary/aromatic N) is 1. The first-order chi connectivity index (χ1) is 15.9. The van der Waals surface area contributed by atoms with E-state index in [4.69, 9.17) is 7.48 Å². The molecule has 0 saturated carbocycles. The van der Waals surface area contributed by atoms with Crippen molar-refractivity contribution in [3.63, 3.8) is 0 Å². The Hall–Kier alpha value is -2.87. The van der Waals surface area contributed by atoms with E-state index in [9.17, 15) is 0 Å². The lowest BCUT2D eigenvalue weighted by Crippen LogP contribution is -2.32. The number of fused-ring (bicyclic) bond motifs is 3. The monoisotopic (exact) mass is 426 g/mol. The highest BCUT2D eigenvalue weighted by Gasteiger charge is 2.34. The van der Waals surface area contributed by atoms with Gasteiger partial charge in [0, 0.05) is 11.6 Å². The fourth-order valence-corrected chi connectivity index (χ4v) is 5.08. The normalized spacial score (nSPS) is 13.9. The van der Waals surface area contributed by atoms with Crippen LogP contribution in [0.25, 0.3) is 32.8 Å². The van der Waals surface area contributed by atoms with E-state index in [2.05, 4.69) is 78.8 Å². The van der Waals surface area contributed by atoms with Gasteiger partial charge < -0.3 is 4.74 Å². The summed E-state index contributed by atoms with van der Waals surface area (Å²) in [4.78, 5) is 0. The first kappa shape index (κ1) is 18.7. The van der Waals surface area contributed by atoms with Crippen LogP contribution >= 0.6 is 0 Å². The minimum Gasteiger partial charge on any atom is -0.455 e. The molecule has 2 heterocycles. The molecule has 0 unspecified atom stereocenters. The second kappa shape index (κ2) is 7.07. The van der Waals surface area contributed by atoms with Crippen molar-refractivity contribution >= 4 is 21.5 Å². The summed E-state index contributed by atoms with van der Waals surface area (Å²) in [5, 5.41) is 4.21. The highest BCUT2D eigenvalue weighted by atomic mass is 16.5. The van der Waals surface area contributed by atoms with E-state index >= 15 is 0 Å². The van der Waals surface area contributed by atoms with Gasteiger partial charge in [0.15, 0.2) is 6.17 Å². The Labute approximate surface area is 194 Å². The molecule has 0 N–H and O–H groups in total. The Morgan fingerprint density at radius 3 is 2.50 bits per heavy atom. The van der Waals surface area contributed by atoms with Gasteiger partial charge in [-0.3, -0.25) is 0 Å². The molecule has 0 aliphatic carbocycles. The summed E-state index contributed by atoms with van der Waals surface area (Å²) in [5.74, 6) is 2.01. The number of hydrogen-bond donors (Lipinski definition) is 0. The Kier molecular flexibility index (Phi) is 4.12. The molecule has 4 aromatic rings. The third-order valence-electron chi connectivity index (χ3n) is 6.66. The molecule has 0 atom stereocenters. The lowest BCUT2D eigenvalue weighted by Gasteiger charge is -2.28. The van der Waals surface area contributed by atoms with Crippen LogP contribution in [0.1, 0.15) is 65.5 Å². The summed E-state index contributed by atoms with van der Waals surface area (Å²) in [7, 11) is 1.91. The van der Waals surface area contributed by atoms with Crippen LogP contribution in [0.5, 0.6) is 11.5 Å². The van der Waals surface area contributed by atoms with E-state index in [0.717, 1.165) is 45.5 Å². The summed E-state index contributed by atoms with van der Waals surface area (Å²) in [6, 6.07) is 11.2. The largest absolute Gasteiger partial charge is 0.455 e. The third kappa shape index (κ3) is 3.20. The molecule has 0 radical (unpaired) electrons. The molecular weight excluding hydrogens is 390 g/mol. The third-order valence-corrected chi connectivity index (χ3v) is 6.66. The minimum atomic E-state index is 0.0768. The molecular formula is C30H34NO+. The van der Waals surface area contributed by atoms with Crippen LogP contribution in [-0.4, -0.2) is 0 Å². The predicted molar refractivity (Wildman–Crippen MR) is 135 cm³/mol. The van der Waals surface area contributed by atoms with Crippen molar-refractivity contribution in [3.8, 4) is 22.8 Å². The van der Waals surface area contributed by atoms with Gasteiger partial charge in [0.05, 0.1) is 12.3 Å². The summed E-state index contributed by atoms with van der Waals surface area (Å²) in [5.41, 5.74) is 6.87. The fourth-order valence-electron chi connectivity index (χ4n) is 5.08. The molecule has 1 aromatic heterocycles. The Bertz CT molecular complexity index is 1510. The van der Waals surface area contributed by atoms with E-state index in [1.54, 1.807) is 0 Å². The van der Waals surface area contributed by atoms with Crippen LogP contribution in [-0.2, 0) is 13.5 Å². The summed E-state index contributed by atoms with van der Waals surface area (Å²) in [6.45, 7) is 15.4. The standard InChI is InChI=1S/C30H34NO/c1-17(2)21-14-20-11-12-31(8)28-26-19(4)23-13-18(3)9-10-22(23)24(16-30(5,6)7)29(26)32-25(15-21)27(20)28/h9-15,17H,16H2,1-8H3/q+1/i11D,12D. The smallest absolute Gasteiger partial charge is 0.228 e. The molecule has 1 aliphatic rings. The number of aryl methyl sites for hydroxylation is 2. The fraction of sp³-hybridized carbons (Fsp3) is 0.367. The van der Waals surface area contributed by atoms with E-state index in [1.165, 1.54) is 27.5 Å². The SMILES string of the molecule is [2H]c1c([2H])[n+](C)c2c3c(cc(C(C)C)cc13)Oc1c-2c(C)c2cc(C)ccc2c1CC(C)(C)C. The maximum Gasteiger partial charge on any atom is 0.228 e. The van der Waals surface area contributed by atoms with Gasteiger partial charge in [0.25, 0.3) is 0 Å². The zero-order valence-corrected chi connectivity index (χ0v) is 20.5. The molecule has 0 bridgehead atoms. The van der Waals surface area contributed by atoms with Gasteiger partial charge >= 0.3 is 0 Å². The van der Waals surface area contributed by atoms with E-state index in [0.29, 0.717) is 5.92 Å². The molecule has 0 spiro atoms. The van der Waals surface area contributed by atoms with E-state index in [-0.39, 0.29) is 17.6 Å². The van der Waals surface area contributed by atoms with Gasteiger partial charge in [-0.15, -0.1) is 0 Å². The molecule has 0 amide bonds. The second-order valence-electron chi connectivity index (χ2n) is 10.9. The quantitative estimate of drug-likeness (QED) is 0.261. The first-order valence-electron chi connectivity index (χ1n) is 12.6. The minimum absolute atomic E-state index is 0.0768. The van der Waals surface area contributed by atoms with Gasteiger partial charge in [-0.05, 0) is 65.0 Å². The molecule has 5 rings (SSSR count). The number of hydrogen-bond acceptors (Lipinski definition) is 1. The highest BCUT2D eigenvalue weighted by Crippen LogP contribution is 2.52. The Morgan fingerprint density at radius 2 is 1.81 bits per heavy atom. The maximum absolute atomic E-state index is 8.78. The number of pyridine rings is 1. The van der Waals surface area contributed by atoms with E-state index in [1.807, 2.05) is 11.6 Å². The molecule has 0 saturated heterocycles. The average Bonchev–Trinajstić information content (AvgIpc) is 2.76. The van der Waals surface area contributed by atoms with Crippen molar-refractivity contribution < 1.29 is 12.0 Å². The molecule has 32 heavy (non-hydrogen) atoms. The zero-order valence-electron chi connectivity index (χ0n) is 22.5. The van der Waals surface area contributed by atoms with Gasteiger partial charge in [-0.25, -0.2) is 4.57 Å². The lowest BCUT2D eigenvalue weighted by molar-refractivity contribution is -0.659. The predicted octanol–water partition coefficient (Wildman–Crippen LogP) is 7.92. The van der Waals surface area contributed by atoms with Gasteiger partial charge in [0.2, 0.25) is 5.69 Å². The Balaban J connectivity index is 2.01. The lowest BCUT2D eigenvalue weighted by atomic mass is 9.81. The van der Waals surface area contributed by atoms with Crippen LogP contribution < -0.4 is 9.30 Å². The Morgan fingerprint density at radius 1 is 1.06 bits per heavy atom. The van der Waals surface area contributed by atoms with Gasteiger partial charge in [-0.2, -0.15) is 0 Å². The molecule has 3 aromatic carbocycles. The van der Waals surface area contributed by atoms with Crippen molar-refractivity contribution in [1.82, 2.24) is 0 Å². The van der Waals surface area contributed by atoms with Crippen LogP contribution in [0.3, 0.4) is 0 Å². The van der Waals surface area contributed by atoms with Gasteiger partial charge in [-0.1, -0.05) is 64.4 Å². The summed E-state index contributed by atoms with van der Waals surface area (Å²) >= 11 is 0. The number of rotatable bonds is 2. The van der Waals surface area contributed by atoms with Crippen LogP contribution in [0.2, 0.25) is 0 Å². The first-order valence-corrected chi connectivity index (χ1v) is 11.6. The number of aromatic nitrogens is 1. The second-order valence-corrected chi connectivity index (χ2v) is 10.9. The molecule has 2 nitrogen and oxygen atoms in total. The van der Waals surface area contributed by atoms with Crippen LogP contribution in [0.4, 0.5) is 0 Å². The molecule has 164 valence electrons. The topological polar surface area (TPSA) is 13.1 Å². The highest BCUT2D eigenvalue weighted by molar-refractivity contribution is 6.06. The van der Waals surface area contributed by atoms with Crippen molar-refractivity contribution in [2.45, 2.75) is 60.8 Å². The van der Waals surface area contributed by atoms with Crippen molar-refractivity contribution in [2.75, 3.05) is 0 Å². The number of benzene rings is 3. The summed E-state index contributed by atoms with van der Waals surface area (Å²) < 4.78 is 26.2. The van der Waals surface area contributed by atoms with E-state index < -0.39 is 0 Å². The zero-order chi connectivity index (χ0) is 24.7.